The third-order valence-corrected chi connectivity index (χ3v) is 5.99. The number of nitrogens with one attached hydrogen (secondary N) is 1. The minimum absolute atomic E-state index is 0.00738. The first kappa shape index (κ1) is 22.9. The van der Waals surface area contributed by atoms with Crippen LogP contribution >= 0.6 is 11.6 Å². The molecule has 1 aliphatic carbocycles. The Balaban J connectivity index is 1.89. The largest absolute Gasteiger partial charge is 0.495 e. The van der Waals surface area contributed by atoms with Crippen LogP contribution in [0, 0.1) is 5.82 Å². The van der Waals surface area contributed by atoms with E-state index in [-0.39, 0.29) is 23.1 Å². The zero-order valence-electron chi connectivity index (χ0n) is 18.1. The zero-order chi connectivity index (χ0) is 23.4. The van der Waals surface area contributed by atoms with Crippen molar-refractivity contribution in [3.8, 4) is 5.75 Å². The lowest BCUT2D eigenvalue weighted by molar-refractivity contribution is -0.123. The normalized spacial score (nSPS) is 14.6. The number of halogens is 2. The molecule has 0 unspecified atom stereocenters. The third kappa shape index (κ3) is 4.88. The van der Waals surface area contributed by atoms with Gasteiger partial charge in [0.25, 0.3) is 5.91 Å². The molecule has 1 atom stereocenters. The van der Waals surface area contributed by atoms with Gasteiger partial charge in [-0.2, -0.15) is 0 Å². The monoisotopic (exact) mass is 470 g/mol. The van der Waals surface area contributed by atoms with Crippen LogP contribution in [0.5, 0.6) is 5.75 Å². The number of anilines is 1. The van der Waals surface area contributed by atoms with Gasteiger partial charge in [-0.25, -0.2) is 4.39 Å². The lowest BCUT2D eigenvalue weighted by Gasteiger charge is -2.32. The van der Waals surface area contributed by atoms with E-state index in [0.29, 0.717) is 10.8 Å². The number of benzene rings is 2. The molecule has 2 aromatic carbocycles. The van der Waals surface area contributed by atoms with Gasteiger partial charge in [-0.15, -0.1) is 0 Å². The van der Waals surface area contributed by atoms with Crippen molar-refractivity contribution in [1.29, 1.82) is 0 Å². The molecule has 0 bridgehead atoms. The second-order valence-electron chi connectivity index (χ2n) is 7.88. The van der Waals surface area contributed by atoms with E-state index in [0.717, 1.165) is 25.7 Å². The second kappa shape index (κ2) is 10.1. The molecule has 172 valence electrons. The molecule has 1 N–H and O–H groups in total. The average Bonchev–Trinajstić information content (AvgIpc) is 3.52. The summed E-state index contributed by atoms with van der Waals surface area (Å²) in [5.41, 5.74) is 0.274. The van der Waals surface area contributed by atoms with E-state index >= 15 is 4.39 Å². The van der Waals surface area contributed by atoms with E-state index in [1.54, 1.807) is 24.3 Å². The van der Waals surface area contributed by atoms with E-state index in [1.165, 1.54) is 48.6 Å². The number of furan rings is 1. The highest BCUT2D eigenvalue weighted by Crippen LogP contribution is 2.39. The van der Waals surface area contributed by atoms with Crippen LogP contribution in [0.15, 0.2) is 65.3 Å². The summed E-state index contributed by atoms with van der Waals surface area (Å²) in [5, 5.41) is 3.33. The van der Waals surface area contributed by atoms with Crippen molar-refractivity contribution in [2.45, 2.75) is 37.8 Å². The van der Waals surface area contributed by atoms with Gasteiger partial charge >= 0.3 is 0 Å². The smallest absolute Gasteiger partial charge is 0.295 e. The number of carbonyl (C=O) groups is 2. The summed E-state index contributed by atoms with van der Waals surface area (Å²) in [4.78, 5) is 28.5. The van der Waals surface area contributed by atoms with Gasteiger partial charge in [-0.3, -0.25) is 14.5 Å². The van der Waals surface area contributed by atoms with Crippen LogP contribution in [0.4, 0.5) is 10.1 Å². The van der Waals surface area contributed by atoms with Crippen LogP contribution in [-0.4, -0.2) is 25.0 Å². The molecule has 4 rings (SSSR count). The zero-order valence-corrected chi connectivity index (χ0v) is 18.8. The molecule has 2 amide bonds. The molecule has 3 aromatic rings. The van der Waals surface area contributed by atoms with E-state index < -0.39 is 23.7 Å². The van der Waals surface area contributed by atoms with Crippen LogP contribution in [-0.2, 0) is 4.79 Å². The van der Waals surface area contributed by atoms with E-state index in [9.17, 15) is 9.59 Å². The standard InChI is InChI=1S/C25H24ClFN2O4/c1-32-21-13-12-16(26)15-20(21)29(25(31)22-11-6-14-33-22)23(18-9-4-5-10-19(18)27)24(30)28-17-7-2-3-8-17/h4-6,9-15,17,23H,2-3,7-8H2,1H3,(H,28,30)/t23-/m1/s1. The Hall–Kier alpha value is -3.32. The van der Waals surface area contributed by atoms with Crippen LogP contribution in [0.25, 0.3) is 0 Å². The van der Waals surface area contributed by atoms with Crippen LogP contribution < -0.4 is 15.0 Å². The summed E-state index contributed by atoms with van der Waals surface area (Å²) in [6.45, 7) is 0. The molecule has 1 aromatic heterocycles. The van der Waals surface area contributed by atoms with E-state index in [1.807, 2.05) is 0 Å². The number of carbonyl (C=O) groups excluding carboxylic acids is 2. The summed E-state index contributed by atoms with van der Waals surface area (Å²) in [7, 11) is 1.44. The molecule has 6 nitrogen and oxygen atoms in total. The number of amides is 2. The molecule has 33 heavy (non-hydrogen) atoms. The molecular weight excluding hydrogens is 447 g/mol. The Kier molecular flexibility index (Phi) is 6.99. The van der Waals surface area contributed by atoms with Gasteiger partial charge in [0.05, 0.1) is 19.1 Å². The Morgan fingerprint density at radius 1 is 1.15 bits per heavy atom. The van der Waals surface area contributed by atoms with Crippen molar-refractivity contribution in [3.05, 3.63) is 83.0 Å². The molecule has 1 aliphatic rings. The van der Waals surface area contributed by atoms with Crippen LogP contribution in [0.3, 0.4) is 0 Å². The quantitative estimate of drug-likeness (QED) is 0.493. The van der Waals surface area contributed by atoms with Gasteiger partial charge < -0.3 is 14.5 Å². The first-order chi connectivity index (χ1) is 16.0. The van der Waals surface area contributed by atoms with Crippen molar-refractivity contribution in [1.82, 2.24) is 5.32 Å². The van der Waals surface area contributed by atoms with Crippen LogP contribution in [0.1, 0.15) is 47.8 Å². The van der Waals surface area contributed by atoms with Crippen molar-refractivity contribution in [2.24, 2.45) is 0 Å². The van der Waals surface area contributed by atoms with Gasteiger partial charge in [0, 0.05) is 16.6 Å². The average molecular weight is 471 g/mol. The highest BCUT2D eigenvalue weighted by atomic mass is 35.5. The number of hydrogen-bond donors (Lipinski definition) is 1. The third-order valence-electron chi connectivity index (χ3n) is 5.76. The SMILES string of the molecule is COc1ccc(Cl)cc1N(C(=O)c1ccco1)[C@@H](C(=O)NC1CCCC1)c1ccccc1F. The number of nitrogens with zero attached hydrogens (tertiary/aromatic N) is 1. The Morgan fingerprint density at radius 3 is 2.58 bits per heavy atom. The van der Waals surface area contributed by atoms with Gasteiger partial charge in [0.2, 0.25) is 5.91 Å². The molecule has 1 fully saturated rings. The van der Waals surface area contributed by atoms with Gasteiger partial charge in [0.15, 0.2) is 5.76 Å². The fourth-order valence-electron chi connectivity index (χ4n) is 4.18. The minimum Gasteiger partial charge on any atom is -0.495 e. The van der Waals surface area contributed by atoms with Crippen LogP contribution in [0.2, 0.25) is 5.02 Å². The van der Waals surface area contributed by atoms with Crippen molar-refractivity contribution in [2.75, 3.05) is 12.0 Å². The van der Waals surface area contributed by atoms with Gasteiger partial charge in [0.1, 0.15) is 17.6 Å². The number of hydrogen-bond acceptors (Lipinski definition) is 4. The number of ether oxygens (including phenoxy) is 1. The fraction of sp³-hybridized carbons (Fsp3) is 0.280. The maximum absolute atomic E-state index is 15.1. The molecule has 0 radical (unpaired) electrons. The summed E-state index contributed by atoms with van der Waals surface area (Å²) >= 11 is 6.25. The first-order valence-corrected chi connectivity index (χ1v) is 11.1. The second-order valence-corrected chi connectivity index (χ2v) is 8.32. The summed E-state index contributed by atoms with van der Waals surface area (Å²) in [6, 6.07) is 12.3. The lowest BCUT2D eigenvalue weighted by Crippen LogP contribution is -2.46. The molecular formula is C25H24ClFN2O4. The van der Waals surface area contributed by atoms with Crippen molar-refractivity contribution < 1.29 is 23.1 Å². The highest BCUT2D eigenvalue weighted by molar-refractivity contribution is 6.31. The highest BCUT2D eigenvalue weighted by Gasteiger charge is 2.38. The summed E-state index contributed by atoms with van der Waals surface area (Å²) in [5.74, 6) is -1.44. The maximum atomic E-state index is 15.1. The van der Waals surface area contributed by atoms with E-state index in [4.69, 9.17) is 20.8 Å². The molecule has 0 saturated heterocycles. The Labute approximate surface area is 196 Å². The minimum atomic E-state index is -1.32. The van der Waals surface area contributed by atoms with Crippen molar-refractivity contribution in [3.63, 3.8) is 0 Å². The first-order valence-electron chi connectivity index (χ1n) is 10.7. The molecule has 0 spiro atoms. The molecule has 1 heterocycles. The molecule has 8 heteroatoms. The molecule has 0 aliphatic heterocycles. The van der Waals surface area contributed by atoms with E-state index in [2.05, 4.69) is 5.32 Å². The fourth-order valence-corrected chi connectivity index (χ4v) is 4.35. The van der Waals surface area contributed by atoms with Gasteiger partial charge in [-0.1, -0.05) is 42.6 Å². The summed E-state index contributed by atoms with van der Waals surface area (Å²) < 4.78 is 25.9. The Morgan fingerprint density at radius 2 is 1.91 bits per heavy atom. The predicted octanol–water partition coefficient (Wildman–Crippen LogP) is 5.53. The summed E-state index contributed by atoms with van der Waals surface area (Å²) in [6.07, 6.45) is 5.04. The van der Waals surface area contributed by atoms with Gasteiger partial charge in [-0.05, 0) is 49.2 Å². The molecule has 1 saturated carbocycles. The Bertz CT molecular complexity index is 1130. The van der Waals surface area contributed by atoms with Crippen molar-refractivity contribution >= 4 is 29.1 Å². The topological polar surface area (TPSA) is 71.8 Å². The number of methoxy groups -OCH3 is 1. The number of rotatable bonds is 7. The maximum Gasteiger partial charge on any atom is 0.295 e. The predicted molar refractivity (Wildman–Crippen MR) is 123 cm³/mol. The lowest BCUT2D eigenvalue weighted by atomic mass is 10.0.